The Morgan fingerprint density at radius 3 is 2.24 bits per heavy atom. The van der Waals surface area contributed by atoms with E-state index in [-0.39, 0.29) is 29.6 Å². The summed E-state index contributed by atoms with van der Waals surface area (Å²) in [4.78, 5) is 42.5. The molecule has 2 atom stereocenters. The molecule has 1 aromatic carbocycles. The minimum atomic E-state index is -1.11. The number of esters is 1. The average molecular weight is 511 g/mol. The van der Waals surface area contributed by atoms with Gasteiger partial charge in [0.25, 0.3) is 0 Å². The van der Waals surface area contributed by atoms with Crippen LogP contribution < -0.4 is 0 Å². The molecule has 3 aliphatic rings. The number of carbonyl (C=O) groups is 3. The second-order valence-electron chi connectivity index (χ2n) is 8.52. The van der Waals surface area contributed by atoms with Crippen LogP contribution in [0.25, 0.3) is 0 Å². The van der Waals surface area contributed by atoms with Crippen molar-refractivity contribution in [1.82, 2.24) is 9.80 Å². The first-order chi connectivity index (χ1) is 16.4. The van der Waals surface area contributed by atoms with Crippen molar-refractivity contribution >= 4 is 41.5 Å². The number of carbonyl (C=O) groups excluding carboxylic acids is 3. The molecule has 0 unspecified atom stereocenters. The summed E-state index contributed by atoms with van der Waals surface area (Å²) in [6, 6.07) is 7.80. The van der Waals surface area contributed by atoms with Gasteiger partial charge in [-0.2, -0.15) is 0 Å². The molecule has 4 rings (SSSR count). The fraction of sp³-hybridized carbons (Fsp3) is 0.609. The number of methoxy groups -OCH3 is 3. The Labute approximate surface area is 207 Å². The maximum absolute atomic E-state index is 13.9. The number of hydrogen-bond acceptors (Lipinski definition) is 9. The lowest BCUT2D eigenvalue weighted by Crippen LogP contribution is -2.51. The lowest BCUT2D eigenvalue weighted by molar-refractivity contribution is -0.197. The lowest BCUT2D eigenvalue weighted by Gasteiger charge is -2.30. The first-order valence-electron chi connectivity index (χ1n) is 11.1. The second kappa shape index (κ2) is 10.3. The second-order valence-corrected chi connectivity index (χ2v) is 11.7. The Morgan fingerprint density at radius 1 is 0.941 bits per heavy atom. The van der Waals surface area contributed by atoms with Gasteiger partial charge in [-0.25, -0.2) is 9.59 Å². The monoisotopic (exact) mass is 510 g/mol. The van der Waals surface area contributed by atoms with Crippen LogP contribution in [0.3, 0.4) is 0 Å². The molecule has 11 heteroatoms. The molecule has 1 spiro atoms. The summed E-state index contributed by atoms with van der Waals surface area (Å²) in [5, 5.41) is 0. The number of thioether (sulfide) groups is 2. The van der Waals surface area contributed by atoms with Gasteiger partial charge in [0.15, 0.2) is 5.79 Å². The third kappa shape index (κ3) is 4.89. The molecular formula is C23H30N2O7S2. The van der Waals surface area contributed by atoms with Crippen molar-refractivity contribution in [2.75, 3.05) is 45.9 Å². The van der Waals surface area contributed by atoms with Crippen molar-refractivity contribution in [3.05, 3.63) is 35.9 Å². The van der Waals surface area contributed by atoms with Crippen LogP contribution in [0.4, 0.5) is 4.79 Å². The van der Waals surface area contributed by atoms with E-state index in [0.29, 0.717) is 13.0 Å². The Bertz CT molecular complexity index is 906. The SMILES string of the molecule is COC(=O)[C@@H]1CC(OC)(OC)CN1C(=O)[C@@H]1CC2(CN1C(=O)OCc1ccccc1)SCCS2. The van der Waals surface area contributed by atoms with E-state index in [1.54, 1.807) is 23.5 Å². The standard InChI is InChI=1S/C23H30N2O7S2/c1-29-20(27)18-11-22(30-2,31-3)14-24(18)19(26)17-12-23(33-9-10-34-23)15-25(17)21(28)32-13-16-7-5-4-6-8-16/h4-8,17-18H,9-15H2,1-3H3/t17-,18-/m0/s1. The molecule has 2 amide bonds. The van der Waals surface area contributed by atoms with Gasteiger partial charge in [-0.15, -0.1) is 23.5 Å². The van der Waals surface area contributed by atoms with E-state index < -0.39 is 29.9 Å². The third-order valence-corrected chi connectivity index (χ3v) is 10.0. The molecule has 1 aromatic rings. The number of ether oxygens (including phenoxy) is 4. The zero-order valence-corrected chi connectivity index (χ0v) is 21.2. The molecule has 0 N–H and O–H groups in total. The highest BCUT2D eigenvalue weighted by Crippen LogP contribution is 2.52. The van der Waals surface area contributed by atoms with Gasteiger partial charge in [0.1, 0.15) is 18.7 Å². The lowest BCUT2D eigenvalue weighted by atomic mass is 10.1. The van der Waals surface area contributed by atoms with Crippen molar-refractivity contribution in [2.45, 2.75) is 41.4 Å². The predicted octanol–water partition coefficient (Wildman–Crippen LogP) is 2.34. The van der Waals surface area contributed by atoms with E-state index in [0.717, 1.165) is 17.1 Å². The Balaban J connectivity index is 1.56. The summed E-state index contributed by atoms with van der Waals surface area (Å²) in [5.41, 5.74) is 0.868. The summed E-state index contributed by atoms with van der Waals surface area (Å²) in [5.74, 6) is -0.0550. The van der Waals surface area contributed by atoms with Gasteiger partial charge in [-0.3, -0.25) is 9.69 Å². The van der Waals surface area contributed by atoms with E-state index in [1.165, 1.54) is 31.1 Å². The average Bonchev–Trinajstić information content (AvgIpc) is 3.60. The molecule has 186 valence electrons. The van der Waals surface area contributed by atoms with Crippen LogP contribution in [-0.4, -0.2) is 95.6 Å². The van der Waals surface area contributed by atoms with Crippen LogP contribution in [0.5, 0.6) is 0 Å². The van der Waals surface area contributed by atoms with Gasteiger partial charge in [-0.05, 0) is 5.56 Å². The fourth-order valence-electron chi connectivity index (χ4n) is 4.75. The van der Waals surface area contributed by atoms with Gasteiger partial charge >= 0.3 is 12.1 Å². The largest absolute Gasteiger partial charge is 0.467 e. The van der Waals surface area contributed by atoms with Crippen LogP contribution >= 0.6 is 23.5 Å². The minimum Gasteiger partial charge on any atom is -0.467 e. The molecule has 3 aliphatic heterocycles. The zero-order chi connectivity index (χ0) is 24.3. The number of likely N-dealkylation sites (tertiary alicyclic amines) is 2. The third-order valence-electron chi connectivity index (χ3n) is 6.62. The quantitative estimate of drug-likeness (QED) is 0.422. The molecule has 0 radical (unpaired) electrons. The van der Waals surface area contributed by atoms with Crippen molar-refractivity contribution in [2.24, 2.45) is 0 Å². The van der Waals surface area contributed by atoms with Crippen LogP contribution in [-0.2, 0) is 35.1 Å². The minimum absolute atomic E-state index is 0.0648. The van der Waals surface area contributed by atoms with Gasteiger partial charge < -0.3 is 23.8 Å². The molecule has 0 bridgehead atoms. The van der Waals surface area contributed by atoms with Crippen LogP contribution in [0, 0.1) is 0 Å². The highest BCUT2D eigenvalue weighted by molar-refractivity contribution is 8.21. The molecule has 9 nitrogen and oxygen atoms in total. The molecule has 0 aromatic heterocycles. The molecular weight excluding hydrogens is 480 g/mol. The van der Waals surface area contributed by atoms with Gasteiger partial charge in [-0.1, -0.05) is 30.3 Å². The zero-order valence-electron chi connectivity index (χ0n) is 19.6. The summed E-state index contributed by atoms with van der Waals surface area (Å²) >= 11 is 3.55. The van der Waals surface area contributed by atoms with E-state index in [4.69, 9.17) is 18.9 Å². The number of hydrogen-bond donors (Lipinski definition) is 0. The number of nitrogens with zero attached hydrogens (tertiary/aromatic N) is 2. The van der Waals surface area contributed by atoms with Gasteiger partial charge in [0.05, 0.1) is 17.7 Å². The number of benzene rings is 1. The normalized spacial score (nSPS) is 25.0. The maximum Gasteiger partial charge on any atom is 0.410 e. The highest BCUT2D eigenvalue weighted by atomic mass is 32.2. The number of rotatable bonds is 6. The van der Waals surface area contributed by atoms with Gasteiger partial charge in [0, 0.05) is 45.1 Å². The molecule has 3 saturated heterocycles. The molecule has 3 fully saturated rings. The molecule has 0 aliphatic carbocycles. The predicted molar refractivity (Wildman–Crippen MR) is 128 cm³/mol. The Kier molecular flexibility index (Phi) is 7.66. The molecule has 3 heterocycles. The summed E-state index contributed by atoms with van der Waals surface area (Å²) in [6.07, 6.45) is 0.0997. The Hall–Kier alpha value is -1.95. The van der Waals surface area contributed by atoms with Crippen LogP contribution in [0.2, 0.25) is 0 Å². The molecule has 0 saturated carbocycles. The maximum atomic E-state index is 13.9. The van der Waals surface area contributed by atoms with E-state index >= 15 is 0 Å². The van der Waals surface area contributed by atoms with Crippen molar-refractivity contribution in [1.29, 1.82) is 0 Å². The highest BCUT2D eigenvalue weighted by Gasteiger charge is 2.57. The summed E-state index contributed by atoms with van der Waals surface area (Å²) < 4.78 is 21.4. The van der Waals surface area contributed by atoms with Crippen molar-refractivity contribution in [3.63, 3.8) is 0 Å². The topological polar surface area (TPSA) is 94.6 Å². The van der Waals surface area contributed by atoms with E-state index in [9.17, 15) is 14.4 Å². The summed E-state index contributed by atoms with van der Waals surface area (Å²) in [7, 11) is 4.25. The smallest absolute Gasteiger partial charge is 0.410 e. The van der Waals surface area contributed by atoms with Crippen molar-refractivity contribution < 1.29 is 33.3 Å². The van der Waals surface area contributed by atoms with Crippen LogP contribution in [0.15, 0.2) is 30.3 Å². The van der Waals surface area contributed by atoms with Gasteiger partial charge in [0.2, 0.25) is 5.91 Å². The summed E-state index contributed by atoms with van der Waals surface area (Å²) in [6.45, 7) is 0.591. The first-order valence-corrected chi connectivity index (χ1v) is 13.1. The van der Waals surface area contributed by atoms with Crippen molar-refractivity contribution in [3.8, 4) is 0 Å². The Morgan fingerprint density at radius 2 is 1.62 bits per heavy atom. The first kappa shape index (κ1) is 25.2. The fourth-order valence-corrected chi connectivity index (χ4v) is 8.00. The van der Waals surface area contributed by atoms with Crippen LogP contribution in [0.1, 0.15) is 18.4 Å². The molecule has 34 heavy (non-hydrogen) atoms. The van der Waals surface area contributed by atoms with E-state index in [1.807, 2.05) is 30.3 Å². The number of amides is 2. The van der Waals surface area contributed by atoms with E-state index in [2.05, 4.69) is 0 Å².